The molecule has 2 rings (SSSR count). The molecule has 0 fully saturated rings. The van der Waals surface area contributed by atoms with Gasteiger partial charge in [0.05, 0.1) is 23.0 Å². The standard InChI is InChI=1S/C20H20N3O11P/c1-32-18(24)17(21-20(26)33-12-13-5-3-2-4-6-13)7-8-34-35(31)19(25)14-9-15(22(27)28)11-16(10-14)23(29)30/h2-6,9-11,17,19,25H,7-8,12H2,1H3/p+1/t17-,19?/m0/s1. The van der Waals surface area contributed by atoms with Crippen LogP contribution in [-0.4, -0.2) is 46.8 Å². The fourth-order valence-electron chi connectivity index (χ4n) is 2.73. The van der Waals surface area contributed by atoms with E-state index in [0.29, 0.717) is 11.6 Å². The molecule has 14 nitrogen and oxygen atoms in total. The van der Waals surface area contributed by atoms with E-state index >= 15 is 0 Å². The van der Waals surface area contributed by atoms with Crippen LogP contribution in [0.15, 0.2) is 48.5 Å². The van der Waals surface area contributed by atoms with Crippen LogP contribution < -0.4 is 5.32 Å². The molecular formula is C20H21N3O11P+. The summed E-state index contributed by atoms with van der Waals surface area (Å²) in [7, 11) is -1.84. The van der Waals surface area contributed by atoms with Crippen LogP contribution in [-0.2, 0) is 30.0 Å². The van der Waals surface area contributed by atoms with E-state index in [0.717, 1.165) is 19.2 Å². The Morgan fingerprint density at radius 2 is 1.69 bits per heavy atom. The molecule has 3 atom stereocenters. The summed E-state index contributed by atoms with van der Waals surface area (Å²) in [6.07, 6.45) is -1.15. The van der Waals surface area contributed by atoms with Gasteiger partial charge in [-0.3, -0.25) is 20.2 Å². The van der Waals surface area contributed by atoms with Crippen LogP contribution in [0.2, 0.25) is 0 Å². The largest absolute Gasteiger partial charge is 0.545 e. The Hall–Kier alpha value is -4.00. The molecule has 35 heavy (non-hydrogen) atoms. The minimum absolute atomic E-state index is 0.0511. The van der Waals surface area contributed by atoms with Crippen LogP contribution in [0.3, 0.4) is 0 Å². The zero-order valence-electron chi connectivity index (χ0n) is 18.3. The van der Waals surface area contributed by atoms with E-state index in [2.05, 4.69) is 10.1 Å². The highest BCUT2D eigenvalue weighted by atomic mass is 31.1. The van der Waals surface area contributed by atoms with Gasteiger partial charge in [-0.2, -0.15) is 0 Å². The number of hydrogen-bond donors (Lipinski definition) is 2. The zero-order valence-corrected chi connectivity index (χ0v) is 19.2. The summed E-state index contributed by atoms with van der Waals surface area (Å²) in [6, 6.07) is 9.88. The Kier molecular flexibility index (Phi) is 10.1. The predicted molar refractivity (Wildman–Crippen MR) is 118 cm³/mol. The van der Waals surface area contributed by atoms with E-state index in [4.69, 9.17) is 9.26 Å². The van der Waals surface area contributed by atoms with E-state index in [1.807, 2.05) is 0 Å². The molecule has 0 spiro atoms. The number of nitrogens with zero attached hydrogens (tertiary/aromatic N) is 2. The fourth-order valence-corrected chi connectivity index (χ4v) is 3.55. The maximum absolute atomic E-state index is 12.3. The maximum Gasteiger partial charge on any atom is 0.545 e. The molecule has 0 aliphatic heterocycles. The van der Waals surface area contributed by atoms with Gasteiger partial charge in [0, 0.05) is 24.1 Å². The highest BCUT2D eigenvalue weighted by molar-refractivity contribution is 7.39. The average molecular weight is 510 g/mol. The third kappa shape index (κ3) is 8.37. The molecule has 0 saturated heterocycles. The van der Waals surface area contributed by atoms with Crippen molar-refractivity contribution in [1.29, 1.82) is 0 Å². The van der Waals surface area contributed by atoms with Crippen LogP contribution in [0.25, 0.3) is 0 Å². The summed E-state index contributed by atoms with van der Waals surface area (Å²) in [5.41, 5.74) is -1.01. The Morgan fingerprint density at radius 1 is 1.09 bits per heavy atom. The SMILES string of the molecule is COC(=O)[C@H](CCO[P+](=O)C(O)c1cc([N+](=O)[O-])cc([N+](=O)[O-])c1)NC(=O)OCc1ccccc1. The lowest BCUT2D eigenvalue weighted by molar-refractivity contribution is -0.394. The van der Waals surface area contributed by atoms with Crippen molar-refractivity contribution in [2.75, 3.05) is 13.7 Å². The molecule has 2 N–H and O–H groups in total. The Labute approximate surface area is 199 Å². The summed E-state index contributed by atoms with van der Waals surface area (Å²) < 4.78 is 27.0. The van der Waals surface area contributed by atoms with Crippen molar-refractivity contribution in [3.63, 3.8) is 0 Å². The van der Waals surface area contributed by atoms with Gasteiger partial charge in [-0.15, -0.1) is 4.52 Å². The number of alkyl carbamates (subject to hydrolysis) is 1. The van der Waals surface area contributed by atoms with Gasteiger partial charge < -0.3 is 19.9 Å². The molecule has 2 aromatic carbocycles. The molecule has 0 saturated carbocycles. The van der Waals surface area contributed by atoms with Crippen LogP contribution in [0, 0.1) is 20.2 Å². The number of non-ortho nitro benzene ring substituents is 2. The van der Waals surface area contributed by atoms with Gasteiger partial charge >= 0.3 is 25.9 Å². The number of carbonyl (C=O) groups excluding carboxylic acids is 2. The monoisotopic (exact) mass is 510 g/mol. The number of aliphatic hydroxyl groups excluding tert-OH is 1. The lowest BCUT2D eigenvalue weighted by Gasteiger charge is -2.15. The van der Waals surface area contributed by atoms with Gasteiger partial charge in [-0.25, -0.2) is 9.59 Å². The van der Waals surface area contributed by atoms with Crippen LogP contribution in [0.1, 0.15) is 23.4 Å². The van der Waals surface area contributed by atoms with Gasteiger partial charge in [-0.05, 0) is 10.1 Å². The Morgan fingerprint density at radius 3 is 2.23 bits per heavy atom. The number of benzene rings is 2. The van der Waals surface area contributed by atoms with Crippen molar-refractivity contribution in [1.82, 2.24) is 5.32 Å². The van der Waals surface area contributed by atoms with E-state index in [-0.39, 0.29) is 18.6 Å². The quantitative estimate of drug-likeness (QED) is 0.184. The molecular weight excluding hydrogens is 489 g/mol. The molecule has 2 unspecified atom stereocenters. The molecule has 0 aromatic heterocycles. The summed E-state index contributed by atoms with van der Waals surface area (Å²) >= 11 is 0. The smallest absolute Gasteiger partial charge is 0.467 e. The highest BCUT2D eigenvalue weighted by Gasteiger charge is 2.36. The minimum atomic E-state index is -2.93. The van der Waals surface area contributed by atoms with Crippen molar-refractivity contribution in [3.05, 3.63) is 79.9 Å². The average Bonchev–Trinajstić information content (AvgIpc) is 2.86. The number of hydrogen-bond acceptors (Lipinski definition) is 11. The minimum Gasteiger partial charge on any atom is -0.467 e. The van der Waals surface area contributed by atoms with Gasteiger partial charge in [-0.1, -0.05) is 30.3 Å². The zero-order chi connectivity index (χ0) is 26.0. The number of carbonyl (C=O) groups is 2. The lowest BCUT2D eigenvalue weighted by Crippen LogP contribution is -2.42. The fraction of sp³-hybridized carbons (Fsp3) is 0.300. The molecule has 1 amide bonds. The van der Waals surface area contributed by atoms with E-state index < -0.39 is 59.8 Å². The van der Waals surface area contributed by atoms with Crippen molar-refractivity contribution in [2.24, 2.45) is 0 Å². The summed E-state index contributed by atoms with van der Waals surface area (Å²) in [4.78, 5) is 44.1. The van der Waals surface area contributed by atoms with E-state index in [1.165, 1.54) is 0 Å². The first-order valence-corrected chi connectivity index (χ1v) is 11.1. The second-order valence-corrected chi connectivity index (χ2v) is 8.18. The Bertz CT molecular complexity index is 1060. The van der Waals surface area contributed by atoms with Gasteiger partial charge in [0.15, 0.2) is 0 Å². The summed E-state index contributed by atoms with van der Waals surface area (Å²) in [5, 5.41) is 34.5. The summed E-state index contributed by atoms with van der Waals surface area (Å²) in [5.74, 6) is -2.76. The third-order valence-electron chi connectivity index (χ3n) is 4.46. The number of aliphatic hydroxyl groups is 1. The first-order chi connectivity index (χ1) is 16.6. The Balaban J connectivity index is 1.96. The molecule has 0 aliphatic rings. The predicted octanol–water partition coefficient (Wildman–Crippen LogP) is 3.11. The number of nitro groups is 2. The van der Waals surface area contributed by atoms with Crippen LogP contribution >= 0.6 is 8.03 Å². The number of amides is 1. The lowest BCUT2D eigenvalue weighted by atomic mass is 10.2. The third-order valence-corrected chi connectivity index (χ3v) is 5.59. The second kappa shape index (κ2) is 13.0. The van der Waals surface area contributed by atoms with Crippen molar-refractivity contribution in [2.45, 2.75) is 24.9 Å². The van der Waals surface area contributed by atoms with Crippen molar-refractivity contribution in [3.8, 4) is 0 Å². The number of methoxy groups -OCH3 is 1. The number of ether oxygens (including phenoxy) is 2. The molecule has 0 heterocycles. The van der Waals surface area contributed by atoms with Crippen molar-refractivity contribution >= 4 is 31.5 Å². The maximum atomic E-state index is 12.3. The molecule has 186 valence electrons. The first kappa shape index (κ1) is 27.2. The molecule has 2 aromatic rings. The molecule has 15 heteroatoms. The normalized spacial score (nSPS) is 12.7. The van der Waals surface area contributed by atoms with Gasteiger partial charge in [0.1, 0.15) is 19.3 Å². The van der Waals surface area contributed by atoms with E-state index in [1.54, 1.807) is 30.3 Å². The van der Waals surface area contributed by atoms with Crippen LogP contribution in [0.4, 0.5) is 16.2 Å². The van der Waals surface area contributed by atoms with Gasteiger partial charge in [0.2, 0.25) is 0 Å². The molecule has 0 bridgehead atoms. The number of nitro benzene ring substituents is 2. The highest BCUT2D eigenvalue weighted by Crippen LogP contribution is 2.42. The van der Waals surface area contributed by atoms with Gasteiger partial charge in [0.25, 0.3) is 11.4 Å². The van der Waals surface area contributed by atoms with Crippen LogP contribution in [0.5, 0.6) is 0 Å². The topological polar surface area (TPSA) is 197 Å². The molecule has 0 aliphatic carbocycles. The first-order valence-electron chi connectivity index (χ1n) is 9.88. The van der Waals surface area contributed by atoms with Crippen molar-refractivity contribution < 1.29 is 43.1 Å². The molecule has 0 radical (unpaired) electrons. The van der Waals surface area contributed by atoms with E-state index in [9.17, 15) is 39.5 Å². The summed E-state index contributed by atoms with van der Waals surface area (Å²) in [6.45, 7) is -0.466. The number of rotatable bonds is 12. The number of nitrogens with one attached hydrogen (secondary N) is 1. The second-order valence-electron chi connectivity index (χ2n) is 6.86. The number of esters is 1.